The molecule has 1 aliphatic rings. The molecule has 0 radical (unpaired) electrons. The lowest BCUT2D eigenvalue weighted by Crippen LogP contribution is -2.64. The summed E-state index contributed by atoms with van der Waals surface area (Å²) in [5, 5.41) is 50.1. The average molecular weight is 853 g/mol. The van der Waals surface area contributed by atoms with E-state index >= 15 is 0 Å². The van der Waals surface area contributed by atoms with Crippen LogP contribution in [0.5, 0.6) is 0 Å². The molecular weight excluding hydrogens is 775 g/mol. The molecule has 6 N–H and O–H groups in total. The van der Waals surface area contributed by atoms with E-state index in [1.807, 2.05) is 0 Å². The Hall–Kier alpha value is -2.48. The van der Waals surface area contributed by atoms with E-state index in [2.05, 4.69) is 98.9 Å². The number of esters is 1. The van der Waals surface area contributed by atoms with Crippen LogP contribution >= 0.6 is 7.82 Å². The van der Waals surface area contributed by atoms with Crippen molar-refractivity contribution in [1.82, 2.24) is 0 Å². The smallest absolute Gasteiger partial charge is 0.457 e. The van der Waals surface area contributed by atoms with Crippen molar-refractivity contribution < 1.29 is 58.3 Å². The van der Waals surface area contributed by atoms with Crippen molar-refractivity contribution in [2.24, 2.45) is 0 Å². The molecule has 0 saturated heterocycles. The number of aliphatic hydroxyl groups is 5. The molecule has 0 aromatic heterocycles. The Balaban J connectivity index is 2.42. The zero-order valence-electron chi connectivity index (χ0n) is 35.8. The molecule has 0 aromatic carbocycles. The number of carbonyl (C=O) groups is 1. The second-order valence-corrected chi connectivity index (χ2v) is 16.2. The van der Waals surface area contributed by atoms with Gasteiger partial charge in [0, 0.05) is 13.0 Å². The molecule has 6 unspecified atom stereocenters. The number of carbonyl (C=O) groups excluding carboxylic acids is 1. The number of hydrogen-bond donors (Lipinski definition) is 6. The monoisotopic (exact) mass is 853 g/mol. The lowest BCUT2D eigenvalue weighted by atomic mass is 9.85. The number of phosphoric ester groups is 1. The Labute approximate surface area is 354 Å². The maximum Gasteiger partial charge on any atom is 0.472 e. The maximum absolute atomic E-state index is 12.8. The predicted octanol–water partition coefficient (Wildman–Crippen LogP) is 8.58. The number of hydrogen-bond acceptors (Lipinski definition) is 11. The summed E-state index contributed by atoms with van der Waals surface area (Å²) in [6.45, 7) is 3.96. The van der Waals surface area contributed by atoms with Crippen molar-refractivity contribution in [2.45, 2.75) is 179 Å². The molecular formula is C46H77O12P. The number of unbranched alkanes of at least 4 members (excludes halogenated alkanes) is 9. The highest BCUT2D eigenvalue weighted by molar-refractivity contribution is 7.47. The Bertz CT molecular complexity index is 1290. The Morgan fingerprint density at radius 3 is 1.54 bits per heavy atom. The van der Waals surface area contributed by atoms with E-state index in [1.54, 1.807) is 0 Å². The largest absolute Gasteiger partial charge is 0.472 e. The molecule has 1 aliphatic carbocycles. The number of ether oxygens (including phenoxy) is 2. The van der Waals surface area contributed by atoms with Gasteiger partial charge in [0.2, 0.25) is 0 Å². The first-order valence-corrected chi connectivity index (χ1v) is 23.4. The quantitative estimate of drug-likeness (QED) is 0.0154. The first-order chi connectivity index (χ1) is 28.5. The van der Waals surface area contributed by atoms with Gasteiger partial charge in [0.05, 0.1) is 13.2 Å². The third-order valence-electron chi connectivity index (χ3n) is 9.48. The van der Waals surface area contributed by atoms with Gasteiger partial charge in [-0.25, -0.2) is 4.57 Å². The summed E-state index contributed by atoms with van der Waals surface area (Å²) in [5.41, 5.74) is 0. The van der Waals surface area contributed by atoms with Gasteiger partial charge in [0.15, 0.2) is 0 Å². The fourth-order valence-corrected chi connectivity index (χ4v) is 6.98. The summed E-state index contributed by atoms with van der Waals surface area (Å²) in [4.78, 5) is 23.0. The van der Waals surface area contributed by atoms with Crippen molar-refractivity contribution >= 4 is 13.8 Å². The van der Waals surface area contributed by atoms with Gasteiger partial charge in [0.1, 0.15) is 42.7 Å². The van der Waals surface area contributed by atoms with Gasteiger partial charge in [-0.3, -0.25) is 13.8 Å². The van der Waals surface area contributed by atoms with Gasteiger partial charge < -0.3 is 39.9 Å². The second-order valence-electron chi connectivity index (χ2n) is 14.8. The lowest BCUT2D eigenvalue weighted by Gasteiger charge is -2.41. The van der Waals surface area contributed by atoms with Gasteiger partial charge in [-0.15, -0.1) is 0 Å². The normalized spacial score (nSPS) is 23.3. The highest BCUT2D eigenvalue weighted by Crippen LogP contribution is 2.47. The molecule has 12 nitrogen and oxygen atoms in total. The topological polar surface area (TPSA) is 192 Å². The van der Waals surface area contributed by atoms with Crippen LogP contribution in [-0.4, -0.2) is 98.9 Å². The second kappa shape index (κ2) is 36.2. The van der Waals surface area contributed by atoms with Crippen LogP contribution in [0.1, 0.15) is 136 Å². The Morgan fingerprint density at radius 2 is 1.00 bits per heavy atom. The zero-order valence-corrected chi connectivity index (χ0v) is 36.7. The molecule has 59 heavy (non-hydrogen) atoms. The summed E-state index contributed by atoms with van der Waals surface area (Å²) in [5.74, 6) is -0.506. The van der Waals surface area contributed by atoms with Crippen molar-refractivity contribution in [1.29, 1.82) is 0 Å². The summed E-state index contributed by atoms with van der Waals surface area (Å²) in [6.07, 6.45) is 35.3. The Kier molecular flexibility index (Phi) is 33.5. The van der Waals surface area contributed by atoms with Crippen molar-refractivity contribution in [3.8, 4) is 0 Å². The van der Waals surface area contributed by atoms with Crippen molar-refractivity contribution in [2.75, 3.05) is 19.8 Å². The first-order valence-electron chi connectivity index (χ1n) is 21.9. The van der Waals surface area contributed by atoms with Gasteiger partial charge in [-0.1, -0.05) is 131 Å². The molecule has 0 bridgehead atoms. The van der Waals surface area contributed by atoms with E-state index in [0.29, 0.717) is 13.0 Å². The third kappa shape index (κ3) is 28.6. The molecule has 13 heteroatoms. The molecule has 0 spiro atoms. The fraction of sp³-hybridized carbons (Fsp3) is 0.674. The Morgan fingerprint density at radius 1 is 0.559 bits per heavy atom. The summed E-state index contributed by atoms with van der Waals surface area (Å²) in [7, 11) is -5.03. The lowest BCUT2D eigenvalue weighted by molar-refractivity contribution is -0.220. The number of phosphoric acid groups is 1. The van der Waals surface area contributed by atoms with Crippen LogP contribution in [0.4, 0.5) is 0 Å². The molecule has 0 aliphatic heterocycles. The van der Waals surface area contributed by atoms with Crippen molar-refractivity contribution in [3.05, 3.63) is 85.1 Å². The van der Waals surface area contributed by atoms with Crippen LogP contribution < -0.4 is 0 Å². The SMILES string of the molecule is CC/C=C\C/C=C\C/C=C\C/C=C\C/C=C\C/C=C\CCCCCOCC(COP(=O)(O)OC1C(O)C(O)C(O)C(O)C1O)OC(=O)CCCCCCC/C=C\CCC. The van der Waals surface area contributed by atoms with Crippen LogP contribution in [0.15, 0.2) is 85.1 Å². The minimum absolute atomic E-state index is 0.108. The average Bonchev–Trinajstić information content (AvgIpc) is 3.22. The van der Waals surface area contributed by atoms with Crippen LogP contribution in [0.25, 0.3) is 0 Å². The predicted molar refractivity (Wildman–Crippen MR) is 234 cm³/mol. The summed E-state index contributed by atoms with van der Waals surface area (Å²) in [6, 6.07) is 0. The number of aliphatic hydroxyl groups excluding tert-OH is 5. The fourth-order valence-electron chi connectivity index (χ4n) is 6.01. The molecule has 0 aromatic rings. The van der Waals surface area contributed by atoms with Crippen molar-refractivity contribution in [3.63, 3.8) is 0 Å². The first kappa shape index (κ1) is 54.5. The zero-order chi connectivity index (χ0) is 43.4. The summed E-state index contributed by atoms with van der Waals surface area (Å²) < 4.78 is 34.0. The van der Waals surface area contributed by atoms with E-state index in [1.165, 1.54) is 0 Å². The van der Waals surface area contributed by atoms with Crippen LogP contribution in [-0.2, 0) is 27.9 Å². The van der Waals surface area contributed by atoms with Crippen LogP contribution in [0.2, 0.25) is 0 Å². The number of allylic oxidation sites excluding steroid dienone is 14. The molecule has 6 atom stereocenters. The van der Waals surface area contributed by atoms with Gasteiger partial charge in [0.25, 0.3) is 0 Å². The standard InChI is InChI=1S/C46H77O12P/c1-3-5-7-9-11-13-15-16-17-18-19-20-21-22-23-24-25-26-28-30-32-34-36-55-37-39(57-40(47)35-33-31-29-27-14-12-10-8-6-4-2)38-56-59(53,54)58-46-44(51)42(49)41(48)43(50)45(46)52/h5,7-8,10-11,13,16-17,19-20,22-23,25-26,39,41-46,48-52H,3-4,6,9,12,14-15,18,21,24,27-38H2,1-2H3,(H,53,54)/b7-5-,10-8-,13-11-,17-16-,20-19-,23-22-,26-25-. The van der Waals surface area contributed by atoms with Gasteiger partial charge in [-0.2, -0.15) is 0 Å². The van der Waals surface area contributed by atoms with Gasteiger partial charge >= 0.3 is 13.8 Å². The minimum Gasteiger partial charge on any atom is -0.457 e. The molecule has 0 amide bonds. The van der Waals surface area contributed by atoms with E-state index in [4.69, 9.17) is 18.5 Å². The van der Waals surface area contributed by atoms with Crippen LogP contribution in [0.3, 0.4) is 0 Å². The van der Waals surface area contributed by atoms with Gasteiger partial charge in [-0.05, 0) is 83.5 Å². The molecule has 1 saturated carbocycles. The molecule has 1 fully saturated rings. The molecule has 0 heterocycles. The highest BCUT2D eigenvalue weighted by Gasteiger charge is 2.51. The number of rotatable bonds is 35. The van der Waals surface area contributed by atoms with E-state index < -0.39 is 63.1 Å². The summed E-state index contributed by atoms with van der Waals surface area (Å²) >= 11 is 0. The highest BCUT2D eigenvalue weighted by atomic mass is 31.2. The van der Waals surface area contributed by atoms with E-state index in [9.17, 15) is 39.8 Å². The van der Waals surface area contributed by atoms with Crippen LogP contribution in [0, 0.1) is 0 Å². The maximum atomic E-state index is 12.8. The van der Waals surface area contributed by atoms with E-state index in [0.717, 1.165) is 109 Å². The molecule has 1 rings (SSSR count). The molecule has 338 valence electrons. The third-order valence-corrected chi connectivity index (χ3v) is 10.5. The van der Waals surface area contributed by atoms with E-state index in [-0.39, 0.29) is 13.0 Å². The minimum atomic E-state index is -5.03.